The van der Waals surface area contributed by atoms with Crippen molar-refractivity contribution in [2.75, 3.05) is 19.8 Å². The van der Waals surface area contributed by atoms with Crippen molar-refractivity contribution in [3.8, 4) is 11.5 Å². The first-order chi connectivity index (χ1) is 15.2. The topological polar surface area (TPSA) is 51.7 Å². The zero-order chi connectivity index (χ0) is 21.2. The van der Waals surface area contributed by atoms with E-state index in [0.29, 0.717) is 13.2 Å². The lowest BCUT2D eigenvalue weighted by molar-refractivity contribution is 0.0734. The molecule has 0 spiro atoms. The lowest BCUT2D eigenvalue weighted by Crippen LogP contribution is -2.31. The van der Waals surface area contributed by atoms with E-state index in [2.05, 4.69) is 22.5 Å². The second-order valence-corrected chi connectivity index (χ2v) is 9.84. The molecule has 1 saturated heterocycles. The number of hydrogen-bond acceptors (Lipinski definition) is 6. The maximum atomic E-state index is 13.6. The summed E-state index contributed by atoms with van der Waals surface area (Å²) in [5, 5.41) is 2.06. The number of nitrogens with zero attached hydrogens (tertiary/aromatic N) is 2. The molecule has 1 amide bonds. The van der Waals surface area contributed by atoms with Crippen molar-refractivity contribution in [2.24, 2.45) is 0 Å². The summed E-state index contributed by atoms with van der Waals surface area (Å²) >= 11 is 3.34. The lowest BCUT2D eigenvalue weighted by atomic mass is 10.0. The number of ether oxygens (including phenoxy) is 2. The third-order valence-electron chi connectivity index (χ3n) is 5.66. The van der Waals surface area contributed by atoms with Gasteiger partial charge in [-0.3, -0.25) is 4.79 Å². The molecule has 2 aliphatic rings. The first kappa shape index (κ1) is 20.4. The number of aromatic nitrogens is 1. The van der Waals surface area contributed by atoms with E-state index in [4.69, 9.17) is 9.47 Å². The molecule has 2 aliphatic heterocycles. The van der Waals surface area contributed by atoms with Crippen LogP contribution in [0.4, 0.5) is 0 Å². The van der Waals surface area contributed by atoms with Gasteiger partial charge < -0.3 is 14.4 Å². The second-order valence-electron chi connectivity index (χ2n) is 7.76. The largest absolute Gasteiger partial charge is 0.486 e. The highest BCUT2D eigenvalue weighted by atomic mass is 32.2. The molecule has 2 aromatic carbocycles. The molecule has 3 heterocycles. The molecule has 1 fully saturated rings. The number of hydrogen-bond donors (Lipinski definition) is 0. The second kappa shape index (κ2) is 8.93. The van der Waals surface area contributed by atoms with Gasteiger partial charge in [0.2, 0.25) is 0 Å². The van der Waals surface area contributed by atoms with Crippen LogP contribution in [-0.4, -0.2) is 35.5 Å². The molecule has 0 saturated carbocycles. The molecule has 1 aromatic heterocycles. The summed E-state index contributed by atoms with van der Waals surface area (Å²) in [6.07, 6.45) is 1.96. The highest BCUT2D eigenvalue weighted by Gasteiger charge is 2.32. The molecule has 7 heteroatoms. The van der Waals surface area contributed by atoms with Crippen LogP contribution in [0.2, 0.25) is 0 Å². The Labute approximate surface area is 190 Å². The average Bonchev–Trinajstić information content (AvgIpc) is 3.46. The van der Waals surface area contributed by atoms with Crippen LogP contribution in [0, 0.1) is 6.92 Å². The maximum Gasteiger partial charge on any atom is 0.254 e. The van der Waals surface area contributed by atoms with Crippen molar-refractivity contribution < 1.29 is 14.3 Å². The SMILES string of the molecule is Cc1csc(SCc2ccccc2C(=O)N2CCC[C@H]2c2ccc3c(c2)OCCO3)n1. The minimum atomic E-state index is 0.0608. The summed E-state index contributed by atoms with van der Waals surface area (Å²) in [5.74, 6) is 2.39. The van der Waals surface area contributed by atoms with E-state index in [-0.39, 0.29) is 11.9 Å². The highest BCUT2D eigenvalue weighted by molar-refractivity contribution is 8.00. The third kappa shape index (κ3) is 4.29. The molecular weight excluding hydrogens is 428 g/mol. The molecule has 1 atom stereocenters. The van der Waals surface area contributed by atoms with Crippen molar-refractivity contribution in [2.45, 2.75) is 35.9 Å². The molecule has 0 N–H and O–H groups in total. The van der Waals surface area contributed by atoms with Gasteiger partial charge in [-0.15, -0.1) is 11.3 Å². The Hall–Kier alpha value is -2.51. The number of fused-ring (bicyclic) bond motifs is 1. The molecule has 3 aromatic rings. The number of carbonyl (C=O) groups excluding carboxylic acids is 1. The maximum absolute atomic E-state index is 13.6. The molecule has 160 valence electrons. The predicted molar refractivity (Wildman–Crippen MR) is 123 cm³/mol. The smallest absolute Gasteiger partial charge is 0.254 e. The number of thioether (sulfide) groups is 1. The van der Waals surface area contributed by atoms with Crippen LogP contribution < -0.4 is 9.47 Å². The zero-order valence-corrected chi connectivity index (χ0v) is 19.0. The first-order valence-electron chi connectivity index (χ1n) is 10.5. The monoisotopic (exact) mass is 452 g/mol. The fraction of sp³-hybridized carbons (Fsp3) is 0.333. The Balaban J connectivity index is 1.37. The lowest BCUT2D eigenvalue weighted by Gasteiger charge is -2.27. The van der Waals surface area contributed by atoms with E-state index in [1.54, 1.807) is 23.1 Å². The number of thiazole rings is 1. The van der Waals surface area contributed by atoms with E-state index >= 15 is 0 Å². The van der Waals surface area contributed by atoms with Gasteiger partial charge >= 0.3 is 0 Å². The standard InChI is InChI=1S/C24H24N2O3S2/c1-16-14-30-24(25-16)31-15-18-5-2-3-6-19(18)23(27)26-10-4-7-20(26)17-8-9-21-22(13-17)29-12-11-28-21/h2-3,5-6,8-9,13-14,20H,4,7,10-12,15H2,1H3/t20-/m0/s1. The molecule has 0 bridgehead atoms. The van der Waals surface area contributed by atoms with Crippen LogP contribution in [0.1, 0.15) is 46.1 Å². The van der Waals surface area contributed by atoms with Crippen LogP contribution in [0.3, 0.4) is 0 Å². The van der Waals surface area contributed by atoms with Gasteiger partial charge in [0.05, 0.1) is 6.04 Å². The fourth-order valence-corrected chi connectivity index (χ4v) is 6.02. The van der Waals surface area contributed by atoms with Crippen molar-refractivity contribution in [3.05, 3.63) is 70.2 Å². The Morgan fingerprint density at radius 1 is 1.19 bits per heavy atom. The van der Waals surface area contributed by atoms with Gasteiger partial charge in [0.1, 0.15) is 17.6 Å². The summed E-state index contributed by atoms with van der Waals surface area (Å²) in [7, 11) is 0. The van der Waals surface area contributed by atoms with Crippen molar-refractivity contribution in [3.63, 3.8) is 0 Å². The van der Waals surface area contributed by atoms with Crippen LogP contribution in [-0.2, 0) is 5.75 Å². The minimum absolute atomic E-state index is 0.0608. The van der Waals surface area contributed by atoms with Gasteiger partial charge in [-0.25, -0.2) is 4.98 Å². The van der Waals surface area contributed by atoms with Gasteiger partial charge in [-0.1, -0.05) is 36.0 Å². The molecular formula is C24H24N2O3S2. The zero-order valence-electron chi connectivity index (χ0n) is 17.4. The summed E-state index contributed by atoms with van der Waals surface area (Å²) in [4.78, 5) is 20.1. The molecule has 5 rings (SSSR count). The van der Waals surface area contributed by atoms with E-state index in [1.807, 2.05) is 42.2 Å². The summed E-state index contributed by atoms with van der Waals surface area (Å²) in [6.45, 7) is 3.91. The van der Waals surface area contributed by atoms with Gasteiger partial charge in [-0.2, -0.15) is 0 Å². The average molecular weight is 453 g/mol. The number of likely N-dealkylation sites (tertiary alicyclic amines) is 1. The van der Waals surface area contributed by atoms with E-state index in [9.17, 15) is 4.79 Å². The number of carbonyl (C=O) groups is 1. The molecule has 31 heavy (non-hydrogen) atoms. The number of amides is 1. The van der Waals surface area contributed by atoms with Crippen LogP contribution >= 0.6 is 23.1 Å². The Morgan fingerprint density at radius 2 is 2.03 bits per heavy atom. The first-order valence-corrected chi connectivity index (χ1v) is 12.4. The van der Waals surface area contributed by atoms with E-state index in [1.165, 1.54) is 0 Å². The molecule has 5 nitrogen and oxygen atoms in total. The summed E-state index contributed by atoms with van der Waals surface area (Å²) in [6, 6.07) is 14.1. The van der Waals surface area contributed by atoms with Crippen LogP contribution in [0.5, 0.6) is 11.5 Å². The Bertz CT molecular complexity index is 1100. The molecule has 0 aliphatic carbocycles. The number of benzene rings is 2. The van der Waals surface area contributed by atoms with Crippen molar-refractivity contribution in [1.82, 2.24) is 9.88 Å². The fourth-order valence-electron chi connectivity index (χ4n) is 4.17. The molecule has 0 unspecified atom stereocenters. The predicted octanol–water partition coefficient (Wildman–Crippen LogP) is 5.49. The van der Waals surface area contributed by atoms with E-state index in [0.717, 1.165) is 63.4 Å². The normalized spacial score (nSPS) is 17.7. The van der Waals surface area contributed by atoms with E-state index < -0.39 is 0 Å². The quantitative estimate of drug-likeness (QED) is 0.479. The molecule has 0 radical (unpaired) electrons. The minimum Gasteiger partial charge on any atom is -0.486 e. The van der Waals surface area contributed by atoms with Crippen molar-refractivity contribution >= 4 is 29.0 Å². The van der Waals surface area contributed by atoms with Crippen LogP contribution in [0.25, 0.3) is 0 Å². The van der Waals surface area contributed by atoms with Crippen molar-refractivity contribution in [1.29, 1.82) is 0 Å². The summed E-state index contributed by atoms with van der Waals surface area (Å²) < 4.78 is 12.5. The highest BCUT2D eigenvalue weighted by Crippen LogP contribution is 2.39. The third-order valence-corrected chi connectivity index (χ3v) is 7.85. The van der Waals surface area contributed by atoms with Gasteiger partial charge in [-0.05, 0) is 49.1 Å². The van der Waals surface area contributed by atoms with Crippen LogP contribution in [0.15, 0.2) is 52.2 Å². The van der Waals surface area contributed by atoms with Gasteiger partial charge in [0.25, 0.3) is 5.91 Å². The Kier molecular flexibility index (Phi) is 5.87. The number of aryl methyl sites for hydroxylation is 1. The number of rotatable bonds is 5. The summed E-state index contributed by atoms with van der Waals surface area (Å²) in [5.41, 5.74) is 3.99. The van der Waals surface area contributed by atoms with Gasteiger partial charge in [0.15, 0.2) is 11.5 Å². The Morgan fingerprint density at radius 3 is 2.87 bits per heavy atom. The van der Waals surface area contributed by atoms with Gasteiger partial charge in [0, 0.05) is 28.9 Å².